The lowest BCUT2D eigenvalue weighted by molar-refractivity contribution is -0.144. The van der Waals surface area contributed by atoms with Gasteiger partial charge >= 0.3 is 5.97 Å². The Morgan fingerprint density at radius 3 is 2.75 bits per heavy atom. The molecule has 0 radical (unpaired) electrons. The van der Waals surface area contributed by atoms with Gasteiger partial charge in [0, 0.05) is 12.1 Å². The molecule has 5 nitrogen and oxygen atoms in total. The molecule has 2 aliphatic rings. The zero-order valence-electron chi connectivity index (χ0n) is 11.4. The first-order chi connectivity index (χ1) is 9.71. The molecule has 1 saturated carbocycles. The lowest BCUT2D eigenvalue weighted by atomic mass is 9.97. The van der Waals surface area contributed by atoms with Crippen LogP contribution in [-0.4, -0.2) is 29.8 Å². The van der Waals surface area contributed by atoms with E-state index in [1.807, 2.05) is 18.2 Å². The highest BCUT2D eigenvalue weighted by atomic mass is 16.6. The van der Waals surface area contributed by atoms with Crippen molar-refractivity contribution in [2.75, 3.05) is 13.2 Å². The van der Waals surface area contributed by atoms with Gasteiger partial charge in [-0.15, -0.1) is 0 Å². The predicted molar refractivity (Wildman–Crippen MR) is 73.1 cm³/mol. The highest BCUT2D eigenvalue weighted by molar-refractivity contribution is 5.79. The highest BCUT2D eigenvalue weighted by Gasteiger charge is 2.40. The lowest BCUT2D eigenvalue weighted by Crippen LogP contribution is -2.49. The molecular weight excluding hydrogens is 258 g/mol. The zero-order chi connectivity index (χ0) is 14.0. The molecule has 1 heterocycles. The number of nitrogens with one attached hydrogen (secondary N) is 1. The van der Waals surface area contributed by atoms with Gasteiger partial charge in [-0.25, -0.2) is 0 Å². The normalized spacial score (nSPS) is 19.8. The number of carbonyl (C=O) groups is 1. The molecular formula is C15H19NO4. The fourth-order valence-corrected chi connectivity index (χ4v) is 2.98. The smallest absolute Gasteiger partial charge is 0.323 e. The maximum Gasteiger partial charge on any atom is 0.323 e. The van der Waals surface area contributed by atoms with E-state index in [0.717, 1.165) is 29.9 Å². The van der Waals surface area contributed by atoms with E-state index in [1.54, 1.807) is 0 Å². The van der Waals surface area contributed by atoms with Gasteiger partial charge in [0.05, 0.1) is 0 Å². The Morgan fingerprint density at radius 1 is 1.25 bits per heavy atom. The molecule has 2 N–H and O–H groups in total. The molecule has 0 atom stereocenters. The van der Waals surface area contributed by atoms with Gasteiger partial charge in [0.2, 0.25) is 0 Å². The number of carboxylic acids is 1. The SMILES string of the molecule is O=C(O)C1(NCc2cccc3c2OCCO3)CCCC1. The summed E-state index contributed by atoms with van der Waals surface area (Å²) in [6, 6.07) is 5.73. The number of hydrogen-bond donors (Lipinski definition) is 2. The van der Waals surface area contributed by atoms with Crippen LogP contribution in [0.2, 0.25) is 0 Å². The Bertz CT molecular complexity index is 509. The molecule has 1 aliphatic carbocycles. The van der Waals surface area contributed by atoms with Crippen LogP contribution in [0.1, 0.15) is 31.2 Å². The van der Waals surface area contributed by atoms with Crippen LogP contribution < -0.4 is 14.8 Å². The highest BCUT2D eigenvalue weighted by Crippen LogP contribution is 2.35. The van der Waals surface area contributed by atoms with Crippen molar-refractivity contribution in [1.82, 2.24) is 5.32 Å². The van der Waals surface area contributed by atoms with Crippen molar-refractivity contribution in [3.8, 4) is 11.5 Å². The van der Waals surface area contributed by atoms with Crippen molar-refractivity contribution in [2.45, 2.75) is 37.8 Å². The largest absolute Gasteiger partial charge is 0.486 e. The Hall–Kier alpha value is -1.75. The molecule has 0 spiro atoms. The van der Waals surface area contributed by atoms with Crippen LogP contribution in [-0.2, 0) is 11.3 Å². The number of fused-ring (bicyclic) bond motifs is 1. The van der Waals surface area contributed by atoms with Crippen molar-refractivity contribution >= 4 is 5.97 Å². The molecule has 1 aromatic rings. The Kier molecular flexibility index (Phi) is 3.53. The minimum Gasteiger partial charge on any atom is -0.486 e. The summed E-state index contributed by atoms with van der Waals surface area (Å²) in [5.74, 6) is 0.730. The van der Waals surface area contributed by atoms with Crippen LogP contribution in [0.4, 0.5) is 0 Å². The van der Waals surface area contributed by atoms with Gasteiger partial charge in [-0.3, -0.25) is 10.1 Å². The minimum absolute atomic E-state index is 0.485. The summed E-state index contributed by atoms with van der Waals surface area (Å²) in [4.78, 5) is 11.5. The Balaban J connectivity index is 1.77. The third-order valence-electron chi connectivity index (χ3n) is 4.13. The molecule has 108 valence electrons. The lowest BCUT2D eigenvalue weighted by Gasteiger charge is -2.27. The fraction of sp³-hybridized carbons (Fsp3) is 0.533. The molecule has 0 bridgehead atoms. The first kappa shape index (κ1) is 13.2. The summed E-state index contributed by atoms with van der Waals surface area (Å²) >= 11 is 0. The fourth-order valence-electron chi connectivity index (χ4n) is 2.98. The molecule has 0 unspecified atom stereocenters. The molecule has 1 aromatic carbocycles. The van der Waals surface area contributed by atoms with Crippen LogP contribution in [0, 0.1) is 0 Å². The third-order valence-corrected chi connectivity index (χ3v) is 4.13. The van der Waals surface area contributed by atoms with E-state index >= 15 is 0 Å². The first-order valence-corrected chi connectivity index (χ1v) is 7.07. The van der Waals surface area contributed by atoms with Crippen LogP contribution in [0.3, 0.4) is 0 Å². The van der Waals surface area contributed by atoms with Crippen LogP contribution in [0.15, 0.2) is 18.2 Å². The van der Waals surface area contributed by atoms with Gasteiger partial charge < -0.3 is 14.6 Å². The predicted octanol–water partition coefficient (Wildman–Crippen LogP) is 1.94. The van der Waals surface area contributed by atoms with Crippen molar-refractivity contribution < 1.29 is 19.4 Å². The second kappa shape index (κ2) is 5.32. The zero-order valence-corrected chi connectivity index (χ0v) is 11.4. The number of aliphatic carboxylic acids is 1. The molecule has 1 aliphatic heterocycles. The number of carboxylic acid groups (broad SMARTS) is 1. The van der Waals surface area contributed by atoms with Crippen molar-refractivity contribution in [3.63, 3.8) is 0 Å². The van der Waals surface area contributed by atoms with E-state index in [-0.39, 0.29) is 0 Å². The van der Waals surface area contributed by atoms with Crippen molar-refractivity contribution in [2.24, 2.45) is 0 Å². The average molecular weight is 277 g/mol. The van der Waals surface area contributed by atoms with E-state index in [2.05, 4.69) is 5.32 Å². The molecule has 5 heteroatoms. The van der Waals surface area contributed by atoms with Crippen LogP contribution in [0.25, 0.3) is 0 Å². The maximum atomic E-state index is 11.5. The van der Waals surface area contributed by atoms with Crippen LogP contribution >= 0.6 is 0 Å². The van der Waals surface area contributed by atoms with Gasteiger partial charge in [0.15, 0.2) is 11.5 Å². The van der Waals surface area contributed by atoms with Gasteiger partial charge in [-0.05, 0) is 18.9 Å². The number of ether oxygens (including phenoxy) is 2. The maximum absolute atomic E-state index is 11.5. The van der Waals surface area contributed by atoms with E-state index < -0.39 is 11.5 Å². The summed E-state index contributed by atoms with van der Waals surface area (Å²) in [5, 5.41) is 12.7. The van der Waals surface area contributed by atoms with Gasteiger partial charge in [-0.2, -0.15) is 0 Å². The summed E-state index contributed by atoms with van der Waals surface area (Å²) in [6.07, 6.45) is 3.31. The average Bonchev–Trinajstić information content (AvgIpc) is 2.95. The van der Waals surface area contributed by atoms with Crippen LogP contribution in [0.5, 0.6) is 11.5 Å². The molecule has 0 saturated heterocycles. The number of para-hydroxylation sites is 1. The van der Waals surface area contributed by atoms with Gasteiger partial charge in [0.25, 0.3) is 0 Å². The van der Waals surface area contributed by atoms with E-state index in [1.165, 1.54) is 0 Å². The number of rotatable bonds is 4. The molecule has 3 rings (SSSR count). The summed E-state index contributed by atoms with van der Waals surface area (Å²) < 4.78 is 11.2. The van der Waals surface area contributed by atoms with E-state index in [4.69, 9.17) is 9.47 Å². The summed E-state index contributed by atoms with van der Waals surface area (Å²) in [6.45, 7) is 1.58. The van der Waals surface area contributed by atoms with Gasteiger partial charge in [-0.1, -0.05) is 25.0 Å². The second-order valence-electron chi connectivity index (χ2n) is 5.39. The number of hydrogen-bond acceptors (Lipinski definition) is 4. The molecule has 0 aromatic heterocycles. The second-order valence-corrected chi connectivity index (χ2v) is 5.39. The first-order valence-electron chi connectivity index (χ1n) is 7.07. The standard InChI is InChI=1S/C15H19NO4/c17-14(18)15(6-1-2-7-15)16-10-11-4-3-5-12-13(11)20-9-8-19-12/h3-5,16H,1-2,6-10H2,(H,17,18). The third kappa shape index (κ3) is 2.33. The Morgan fingerprint density at radius 2 is 2.00 bits per heavy atom. The van der Waals surface area contributed by atoms with Gasteiger partial charge in [0.1, 0.15) is 18.8 Å². The molecule has 0 amide bonds. The topological polar surface area (TPSA) is 67.8 Å². The molecule has 20 heavy (non-hydrogen) atoms. The number of benzene rings is 1. The quantitative estimate of drug-likeness (QED) is 0.880. The van der Waals surface area contributed by atoms with Crippen molar-refractivity contribution in [1.29, 1.82) is 0 Å². The van der Waals surface area contributed by atoms with E-state index in [9.17, 15) is 9.90 Å². The summed E-state index contributed by atoms with van der Waals surface area (Å²) in [7, 11) is 0. The summed E-state index contributed by atoms with van der Waals surface area (Å²) in [5.41, 5.74) is 0.174. The molecule has 1 fully saturated rings. The van der Waals surface area contributed by atoms with Crippen molar-refractivity contribution in [3.05, 3.63) is 23.8 Å². The monoisotopic (exact) mass is 277 g/mol. The minimum atomic E-state index is -0.780. The van der Waals surface area contributed by atoms with E-state index in [0.29, 0.717) is 32.6 Å². The Labute approximate surface area is 117 Å².